The van der Waals surface area contributed by atoms with Crippen molar-refractivity contribution in [3.05, 3.63) is 64.1 Å². The maximum atomic E-state index is 12.3. The fourth-order valence-corrected chi connectivity index (χ4v) is 3.53. The van der Waals surface area contributed by atoms with Crippen LogP contribution >= 0.6 is 15.9 Å². The zero-order valence-corrected chi connectivity index (χ0v) is 18.5. The molecule has 0 spiro atoms. The van der Waals surface area contributed by atoms with E-state index in [0.717, 1.165) is 27.1 Å². The summed E-state index contributed by atoms with van der Waals surface area (Å²) < 4.78 is 9.54. The number of nitrogens with zero attached hydrogens (tertiary/aromatic N) is 5. The molecule has 3 heterocycles. The lowest BCUT2D eigenvalue weighted by atomic mass is 10.1. The van der Waals surface area contributed by atoms with Crippen molar-refractivity contribution in [2.75, 3.05) is 11.9 Å². The number of ether oxygens (including phenoxy) is 1. The zero-order valence-electron chi connectivity index (χ0n) is 16.9. The third-order valence-electron chi connectivity index (χ3n) is 4.66. The lowest BCUT2D eigenvalue weighted by Gasteiger charge is -2.11. The van der Waals surface area contributed by atoms with Gasteiger partial charge in [-0.05, 0) is 41.4 Å². The van der Waals surface area contributed by atoms with Crippen molar-refractivity contribution < 1.29 is 9.53 Å². The minimum absolute atomic E-state index is 0.231. The molecule has 3 aromatic heterocycles. The molecule has 0 fully saturated rings. The van der Waals surface area contributed by atoms with Crippen LogP contribution in [0, 0.1) is 6.92 Å². The van der Waals surface area contributed by atoms with Gasteiger partial charge in [-0.3, -0.25) is 0 Å². The molecule has 0 unspecified atom stereocenters. The van der Waals surface area contributed by atoms with E-state index in [1.54, 1.807) is 23.7 Å². The number of carbonyl (C=O) groups excluding carboxylic acids is 1. The third-order valence-corrected chi connectivity index (χ3v) is 5.59. The first-order valence-electron chi connectivity index (χ1n) is 9.51. The van der Waals surface area contributed by atoms with Crippen LogP contribution < -0.4 is 5.32 Å². The molecule has 1 aromatic carbocycles. The van der Waals surface area contributed by atoms with Gasteiger partial charge in [-0.2, -0.15) is 9.61 Å². The summed E-state index contributed by atoms with van der Waals surface area (Å²) in [4.78, 5) is 21.1. The summed E-state index contributed by atoms with van der Waals surface area (Å²) in [6, 6.07) is 9.82. The number of hydrogen-bond donors (Lipinski definition) is 1. The van der Waals surface area contributed by atoms with Crippen LogP contribution in [0.1, 0.15) is 28.7 Å². The van der Waals surface area contributed by atoms with Gasteiger partial charge in [0.1, 0.15) is 11.6 Å². The van der Waals surface area contributed by atoms with Gasteiger partial charge in [-0.25, -0.2) is 14.8 Å². The summed E-state index contributed by atoms with van der Waals surface area (Å²) in [7, 11) is 1.97. The van der Waals surface area contributed by atoms with Gasteiger partial charge in [0.15, 0.2) is 11.3 Å². The number of carbonyl (C=O) groups is 1. The van der Waals surface area contributed by atoms with E-state index in [-0.39, 0.29) is 12.3 Å². The molecule has 0 aliphatic carbocycles. The molecule has 0 radical (unpaired) electrons. The molecule has 9 heteroatoms. The van der Waals surface area contributed by atoms with E-state index in [2.05, 4.69) is 42.4 Å². The number of nitrogens with one attached hydrogen (secondary N) is 1. The number of rotatable bonds is 6. The van der Waals surface area contributed by atoms with E-state index >= 15 is 0 Å². The standard InChI is InChI=1S/C21H21BrN6O2/c1-4-30-21(29)16-11-17(28-20(25-16)18(22)13(2)26-28)24-12-14-6-5-7-15(10-14)19-23-8-9-27(19)3/h5-11,24H,4,12H2,1-3H3. The Morgan fingerprint density at radius 1 is 1.30 bits per heavy atom. The number of imidazole rings is 1. The lowest BCUT2D eigenvalue weighted by Crippen LogP contribution is -2.12. The monoisotopic (exact) mass is 468 g/mol. The van der Waals surface area contributed by atoms with E-state index in [9.17, 15) is 4.79 Å². The second-order valence-corrected chi connectivity index (χ2v) is 7.59. The summed E-state index contributed by atoms with van der Waals surface area (Å²) in [5.41, 5.74) is 3.67. The Morgan fingerprint density at radius 2 is 2.13 bits per heavy atom. The minimum atomic E-state index is -0.467. The number of benzene rings is 1. The van der Waals surface area contributed by atoms with Crippen molar-refractivity contribution in [1.29, 1.82) is 0 Å². The Kier molecular flexibility index (Phi) is 5.54. The van der Waals surface area contributed by atoms with Crippen LogP contribution in [0.25, 0.3) is 17.0 Å². The van der Waals surface area contributed by atoms with Gasteiger partial charge in [0.05, 0.1) is 16.8 Å². The highest BCUT2D eigenvalue weighted by atomic mass is 79.9. The molecule has 4 rings (SSSR count). The Hall–Kier alpha value is -3.20. The molecule has 0 saturated carbocycles. The molecule has 0 saturated heterocycles. The highest BCUT2D eigenvalue weighted by molar-refractivity contribution is 9.10. The predicted octanol–water partition coefficient (Wildman–Crippen LogP) is 3.99. The molecule has 1 N–H and O–H groups in total. The average molecular weight is 469 g/mol. The normalized spacial score (nSPS) is 11.1. The average Bonchev–Trinajstić information content (AvgIpc) is 3.30. The Bertz CT molecular complexity index is 1230. The van der Waals surface area contributed by atoms with Crippen molar-refractivity contribution in [1.82, 2.24) is 24.1 Å². The SMILES string of the molecule is CCOC(=O)c1cc(NCc2cccc(-c3nccn3C)c2)n2nc(C)c(Br)c2n1. The van der Waals surface area contributed by atoms with Gasteiger partial charge in [0.2, 0.25) is 0 Å². The number of esters is 1. The molecule has 8 nitrogen and oxygen atoms in total. The van der Waals surface area contributed by atoms with Gasteiger partial charge in [-0.1, -0.05) is 18.2 Å². The molecule has 30 heavy (non-hydrogen) atoms. The van der Waals surface area contributed by atoms with Crippen molar-refractivity contribution in [2.24, 2.45) is 7.05 Å². The van der Waals surface area contributed by atoms with E-state index in [1.807, 2.05) is 42.9 Å². The van der Waals surface area contributed by atoms with Crippen LogP contribution in [0.2, 0.25) is 0 Å². The second-order valence-electron chi connectivity index (χ2n) is 6.80. The summed E-state index contributed by atoms with van der Waals surface area (Å²) in [6.45, 7) is 4.47. The zero-order chi connectivity index (χ0) is 21.3. The smallest absolute Gasteiger partial charge is 0.357 e. The van der Waals surface area contributed by atoms with E-state index in [4.69, 9.17) is 4.74 Å². The number of aromatic nitrogens is 5. The first kappa shape index (κ1) is 20.1. The molecular formula is C21H21BrN6O2. The van der Waals surface area contributed by atoms with Crippen molar-refractivity contribution in [3.63, 3.8) is 0 Å². The van der Waals surface area contributed by atoms with Gasteiger partial charge >= 0.3 is 5.97 Å². The number of hydrogen-bond acceptors (Lipinski definition) is 6. The summed E-state index contributed by atoms with van der Waals surface area (Å²) in [5, 5.41) is 7.89. The first-order chi connectivity index (χ1) is 14.5. The van der Waals surface area contributed by atoms with E-state index < -0.39 is 5.97 Å². The fraction of sp³-hybridized carbons (Fsp3) is 0.238. The summed E-state index contributed by atoms with van der Waals surface area (Å²) >= 11 is 3.51. The van der Waals surface area contributed by atoms with Crippen LogP contribution in [-0.2, 0) is 18.3 Å². The van der Waals surface area contributed by atoms with Crippen LogP contribution in [-0.4, -0.2) is 36.7 Å². The molecule has 0 bridgehead atoms. The summed E-state index contributed by atoms with van der Waals surface area (Å²) in [5.74, 6) is 1.09. The Morgan fingerprint density at radius 3 is 2.87 bits per heavy atom. The number of anilines is 1. The Balaban J connectivity index is 1.66. The largest absolute Gasteiger partial charge is 0.461 e. The van der Waals surface area contributed by atoms with Crippen LogP contribution in [0.5, 0.6) is 0 Å². The highest BCUT2D eigenvalue weighted by Gasteiger charge is 2.17. The van der Waals surface area contributed by atoms with Crippen LogP contribution in [0.3, 0.4) is 0 Å². The number of fused-ring (bicyclic) bond motifs is 1. The maximum Gasteiger partial charge on any atom is 0.357 e. The molecule has 4 aromatic rings. The van der Waals surface area contributed by atoms with Crippen molar-refractivity contribution in [3.8, 4) is 11.4 Å². The Labute approximate surface area is 182 Å². The van der Waals surface area contributed by atoms with Gasteiger partial charge in [0.25, 0.3) is 0 Å². The molecule has 0 aliphatic heterocycles. The molecular weight excluding hydrogens is 448 g/mol. The van der Waals surface area contributed by atoms with E-state index in [0.29, 0.717) is 18.0 Å². The molecule has 0 aliphatic rings. The minimum Gasteiger partial charge on any atom is -0.461 e. The third kappa shape index (κ3) is 3.80. The number of halogens is 1. The lowest BCUT2D eigenvalue weighted by molar-refractivity contribution is 0.0519. The molecule has 154 valence electrons. The number of aryl methyl sites for hydroxylation is 2. The summed E-state index contributed by atoms with van der Waals surface area (Å²) in [6.07, 6.45) is 3.70. The second kappa shape index (κ2) is 8.27. The quantitative estimate of drug-likeness (QED) is 0.430. The maximum absolute atomic E-state index is 12.3. The van der Waals surface area contributed by atoms with Crippen LogP contribution in [0.15, 0.2) is 47.2 Å². The predicted molar refractivity (Wildman–Crippen MR) is 117 cm³/mol. The topological polar surface area (TPSA) is 86.3 Å². The fourth-order valence-electron chi connectivity index (χ4n) is 3.19. The van der Waals surface area contributed by atoms with Gasteiger partial charge in [-0.15, -0.1) is 0 Å². The highest BCUT2D eigenvalue weighted by Crippen LogP contribution is 2.25. The van der Waals surface area contributed by atoms with Crippen molar-refractivity contribution >= 4 is 33.4 Å². The first-order valence-corrected chi connectivity index (χ1v) is 10.3. The van der Waals surface area contributed by atoms with Crippen molar-refractivity contribution in [2.45, 2.75) is 20.4 Å². The van der Waals surface area contributed by atoms with E-state index in [1.165, 1.54) is 0 Å². The van der Waals surface area contributed by atoms with Gasteiger partial charge < -0.3 is 14.6 Å². The van der Waals surface area contributed by atoms with Crippen LogP contribution in [0.4, 0.5) is 5.82 Å². The molecule has 0 atom stereocenters. The molecule has 0 amide bonds. The van der Waals surface area contributed by atoms with Gasteiger partial charge in [0, 0.05) is 37.6 Å².